The minimum Gasteiger partial charge on any atom is -0.325 e. The largest absolute Gasteiger partial charge is 0.325 e. The van der Waals surface area contributed by atoms with Crippen LogP contribution in [0.5, 0.6) is 0 Å². The highest BCUT2D eigenvalue weighted by molar-refractivity contribution is 7.91. The second-order valence-corrected chi connectivity index (χ2v) is 6.19. The smallest absolute Gasteiger partial charge is 0.150 e. The van der Waals surface area contributed by atoms with Crippen LogP contribution < -0.4 is 5.73 Å². The minimum absolute atomic E-state index is 0.160. The Balaban J connectivity index is 2.70. The van der Waals surface area contributed by atoms with Crippen LogP contribution in [0.1, 0.15) is 26.7 Å². The van der Waals surface area contributed by atoms with Gasteiger partial charge in [-0.2, -0.15) is 0 Å². The number of rotatable bonds is 2. The molecule has 0 radical (unpaired) electrons. The van der Waals surface area contributed by atoms with Crippen LogP contribution >= 0.6 is 0 Å². The zero-order valence-corrected chi connectivity index (χ0v) is 8.52. The van der Waals surface area contributed by atoms with Crippen LogP contribution in [-0.4, -0.2) is 25.5 Å². The van der Waals surface area contributed by atoms with Crippen molar-refractivity contribution in [2.45, 2.75) is 32.2 Å². The molecule has 72 valence electrons. The van der Waals surface area contributed by atoms with Gasteiger partial charge >= 0.3 is 0 Å². The molecule has 0 bridgehead atoms. The van der Waals surface area contributed by atoms with Gasteiger partial charge in [-0.1, -0.05) is 6.92 Å². The Hall–Kier alpha value is -0.0900. The highest BCUT2D eigenvalue weighted by Crippen LogP contribution is 2.29. The Morgan fingerprint density at radius 2 is 2.17 bits per heavy atom. The van der Waals surface area contributed by atoms with Crippen LogP contribution in [0.4, 0.5) is 0 Å². The summed E-state index contributed by atoms with van der Waals surface area (Å²) in [6, 6.07) is 0. The summed E-state index contributed by atoms with van der Waals surface area (Å²) >= 11 is 0. The first-order valence-corrected chi connectivity index (χ1v) is 6.19. The molecule has 0 aromatic rings. The summed E-state index contributed by atoms with van der Waals surface area (Å²) in [6.45, 7) is 3.95. The zero-order valence-electron chi connectivity index (χ0n) is 7.71. The van der Waals surface area contributed by atoms with Gasteiger partial charge in [-0.05, 0) is 25.7 Å². The lowest BCUT2D eigenvalue weighted by atomic mass is 9.84. The fourth-order valence-electron chi connectivity index (χ4n) is 1.60. The molecule has 1 fully saturated rings. The topological polar surface area (TPSA) is 60.2 Å². The van der Waals surface area contributed by atoms with E-state index in [9.17, 15) is 8.42 Å². The summed E-state index contributed by atoms with van der Waals surface area (Å²) in [5, 5.41) is 0. The van der Waals surface area contributed by atoms with Gasteiger partial charge in [-0.15, -0.1) is 0 Å². The van der Waals surface area contributed by atoms with E-state index in [1.807, 2.05) is 13.8 Å². The molecule has 2 N–H and O–H groups in total. The Morgan fingerprint density at radius 1 is 1.58 bits per heavy atom. The van der Waals surface area contributed by atoms with E-state index >= 15 is 0 Å². The summed E-state index contributed by atoms with van der Waals surface area (Å²) in [5.74, 6) is 0.769. The second kappa shape index (κ2) is 3.00. The highest BCUT2D eigenvalue weighted by atomic mass is 32.2. The molecule has 0 aliphatic carbocycles. The Labute approximate surface area is 74.3 Å². The van der Waals surface area contributed by atoms with Crippen LogP contribution in [0.25, 0.3) is 0 Å². The lowest BCUT2D eigenvalue weighted by Gasteiger charge is -2.29. The number of hydrogen-bond acceptors (Lipinski definition) is 3. The molecular weight excluding hydrogens is 174 g/mol. The number of nitrogens with two attached hydrogens (primary N) is 1. The maximum absolute atomic E-state index is 11.1. The van der Waals surface area contributed by atoms with E-state index in [0.29, 0.717) is 5.75 Å². The number of hydrogen-bond donors (Lipinski definition) is 1. The molecule has 0 aromatic carbocycles. The van der Waals surface area contributed by atoms with Gasteiger partial charge in [0.2, 0.25) is 0 Å². The van der Waals surface area contributed by atoms with Crippen molar-refractivity contribution in [3.05, 3.63) is 0 Å². The van der Waals surface area contributed by atoms with E-state index in [-0.39, 0.29) is 17.2 Å². The van der Waals surface area contributed by atoms with Gasteiger partial charge in [-0.3, -0.25) is 0 Å². The number of sulfone groups is 1. The first kappa shape index (κ1) is 9.99. The highest BCUT2D eigenvalue weighted by Gasteiger charge is 2.37. The molecule has 1 rings (SSSR count). The summed E-state index contributed by atoms with van der Waals surface area (Å²) < 4.78 is 22.3. The van der Waals surface area contributed by atoms with Crippen LogP contribution in [0.3, 0.4) is 0 Å². The molecule has 0 amide bonds. The van der Waals surface area contributed by atoms with Gasteiger partial charge in [0, 0.05) is 5.54 Å². The molecular formula is C8H17NO2S. The molecule has 2 atom stereocenters. The average molecular weight is 191 g/mol. The van der Waals surface area contributed by atoms with E-state index in [2.05, 4.69) is 0 Å². The summed E-state index contributed by atoms with van der Waals surface area (Å²) in [5.41, 5.74) is 5.68. The fourth-order valence-corrected chi connectivity index (χ4v) is 3.57. The summed E-state index contributed by atoms with van der Waals surface area (Å²) in [4.78, 5) is 0. The Kier molecular flexibility index (Phi) is 2.50. The Bertz CT molecular complexity index is 256. The van der Waals surface area contributed by atoms with Crippen molar-refractivity contribution < 1.29 is 8.42 Å². The fraction of sp³-hybridized carbons (Fsp3) is 1.00. The maximum Gasteiger partial charge on any atom is 0.150 e. The minimum atomic E-state index is -2.77. The molecule has 1 aliphatic rings. The molecule has 12 heavy (non-hydrogen) atoms. The predicted octanol–water partition coefficient (Wildman–Crippen LogP) is 0.548. The average Bonchev–Trinajstić information content (AvgIpc) is 2.31. The zero-order chi connectivity index (χ0) is 9.41. The molecule has 0 saturated carbocycles. The first-order valence-electron chi connectivity index (χ1n) is 4.37. The third-order valence-electron chi connectivity index (χ3n) is 2.93. The molecule has 1 heterocycles. The molecule has 0 aromatic heterocycles. The van der Waals surface area contributed by atoms with Crippen LogP contribution in [0, 0.1) is 5.92 Å². The lowest BCUT2D eigenvalue weighted by Crippen LogP contribution is -2.44. The van der Waals surface area contributed by atoms with E-state index in [1.165, 1.54) is 0 Å². The van der Waals surface area contributed by atoms with Gasteiger partial charge < -0.3 is 5.73 Å². The van der Waals surface area contributed by atoms with Crippen LogP contribution in [0.2, 0.25) is 0 Å². The van der Waals surface area contributed by atoms with Gasteiger partial charge in [-0.25, -0.2) is 8.42 Å². The molecule has 2 unspecified atom stereocenters. The molecule has 4 heteroatoms. The van der Waals surface area contributed by atoms with Gasteiger partial charge in [0.15, 0.2) is 9.84 Å². The Morgan fingerprint density at radius 3 is 2.50 bits per heavy atom. The van der Waals surface area contributed by atoms with Gasteiger partial charge in [0.25, 0.3) is 0 Å². The van der Waals surface area contributed by atoms with Crippen molar-refractivity contribution in [2.24, 2.45) is 11.7 Å². The van der Waals surface area contributed by atoms with E-state index in [4.69, 9.17) is 5.73 Å². The molecule has 1 saturated heterocycles. The molecule has 0 spiro atoms. The third-order valence-corrected chi connectivity index (χ3v) is 4.69. The van der Waals surface area contributed by atoms with E-state index in [1.54, 1.807) is 0 Å². The van der Waals surface area contributed by atoms with Crippen molar-refractivity contribution in [1.82, 2.24) is 0 Å². The SMILES string of the molecule is CCC(C)(N)C1CCS(=O)(=O)C1. The van der Waals surface area contributed by atoms with Crippen LogP contribution in [-0.2, 0) is 9.84 Å². The van der Waals surface area contributed by atoms with Crippen molar-refractivity contribution in [2.75, 3.05) is 11.5 Å². The van der Waals surface area contributed by atoms with Crippen LogP contribution in [0.15, 0.2) is 0 Å². The summed E-state index contributed by atoms with van der Waals surface area (Å²) in [6.07, 6.45) is 1.58. The van der Waals surface area contributed by atoms with Crippen molar-refractivity contribution in [1.29, 1.82) is 0 Å². The standard InChI is InChI=1S/C8H17NO2S/c1-3-8(2,9)7-4-5-12(10,11)6-7/h7H,3-6,9H2,1-2H3. The third kappa shape index (κ3) is 1.98. The van der Waals surface area contributed by atoms with Crippen molar-refractivity contribution >= 4 is 9.84 Å². The summed E-state index contributed by atoms with van der Waals surface area (Å²) in [7, 11) is -2.77. The second-order valence-electron chi connectivity index (χ2n) is 3.96. The van der Waals surface area contributed by atoms with E-state index < -0.39 is 9.84 Å². The quantitative estimate of drug-likeness (QED) is 0.693. The van der Waals surface area contributed by atoms with Crippen molar-refractivity contribution in [3.63, 3.8) is 0 Å². The van der Waals surface area contributed by atoms with Gasteiger partial charge in [0.1, 0.15) is 0 Å². The van der Waals surface area contributed by atoms with E-state index in [0.717, 1.165) is 12.8 Å². The maximum atomic E-state index is 11.1. The monoisotopic (exact) mass is 191 g/mol. The van der Waals surface area contributed by atoms with Gasteiger partial charge in [0.05, 0.1) is 11.5 Å². The first-order chi connectivity index (χ1) is 5.37. The van der Waals surface area contributed by atoms with Crippen molar-refractivity contribution in [3.8, 4) is 0 Å². The molecule has 1 aliphatic heterocycles. The lowest BCUT2D eigenvalue weighted by molar-refractivity contribution is 0.312. The normalized spacial score (nSPS) is 33.1. The molecule has 3 nitrogen and oxygen atoms in total. The predicted molar refractivity (Wildman–Crippen MR) is 49.6 cm³/mol.